The molecule has 15 heavy (non-hydrogen) atoms. The number of rotatable bonds is 3. The van der Waals surface area contributed by atoms with Crippen LogP contribution in [0.1, 0.15) is 26.4 Å². The molecule has 0 saturated heterocycles. The second-order valence-corrected chi connectivity index (χ2v) is 2.62. The zero-order chi connectivity index (χ0) is 11.6. The molecular formula is C8H7NO6. The van der Waals surface area contributed by atoms with Crippen LogP contribution in [0.25, 0.3) is 0 Å². The number of carboxylic acid groups (broad SMARTS) is 2. The van der Waals surface area contributed by atoms with Crippen LogP contribution in [0.5, 0.6) is 5.75 Å². The quantitative estimate of drug-likeness (QED) is 0.541. The lowest BCUT2D eigenvalue weighted by atomic mass is 10.1. The number of hydrogen-bond acceptors (Lipinski definition) is 5. The lowest BCUT2D eigenvalue weighted by molar-refractivity contribution is 0.0669. The summed E-state index contributed by atoms with van der Waals surface area (Å²) < 4.78 is 0. The highest BCUT2D eigenvalue weighted by molar-refractivity contribution is 5.94. The molecule has 4 N–H and O–H groups in total. The van der Waals surface area contributed by atoms with Gasteiger partial charge in [-0.2, -0.15) is 0 Å². The molecule has 0 fully saturated rings. The molecule has 0 atom stereocenters. The van der Waals surface area contributed by atoms with Gasteiger partial charge in [-0.3, -0.25) is 0 Å². The highest BCUT2D eigenvalue weighted by atomic mass is 16.4. The van der Waals surface area contributed by atoms with E-state index in [1.165, 1.54) is 0 Å². The number of carbonyl (C=O) groups is 2. The van der Waals surface area contributed by atoms with E-state index in [1.54, 1.807) is 0 Å². The molecule has 7 heteroatoms. The van der Waals surface area contributed by atoms with Crippen molar-refractivity contribution in [1.82, 2.24) is 4.98 Å². The minimum Gasteiger partial charge on any atom is -0.505 e. The molecule has 1 aromatic heterocycles. The van der Waals surface area contributed by atoms with Gasteiger partial charge in [0.1, 0.15) is 0 Å². The zero-order valence-corrected chi connectivity index (χ0v) is 7.34. The van der Waals surface area contributed by atoms with Crippen molar-refractivity contribution in [1.29, 1.82) is 0 Å². The summed E-state index contributed by atoms with van der Waals surface area (Å²) in [5.41, 5.74) is -1.49. The van der Waals surface area contributed by atoms with E-state index in [2.05, 4.69) is 4.98 Å². The molecular weight excluding hydrogens is 206 g/mol. The van der Waals surface area contributed by atoms with Gasteiger partial charge in [0, 0.05) is 11.8 Å². The first-order valence-corrected chi connectivity index (χ1v) is 3.77. The van der Waals surface area contributed by atoms with Gasteiger partial charge in [0.05, 0.1) is 12.2 Å². The first-order chi connectivity index (χ1) is 6.99. The summed E-state index contributed by atoms with van der Waals surface area (Å²) in [4.78, 5) is 24.4. The van der Waals surface area contributed by atoms with Gasteiger partial charge in [-0.1, -0.05) is 0 Å². The Morgan fingerprint density at radius 1 is 1.27 bits per heavy atom. The van der Waals surface area contributed by atoms with Crippen molar-refractivity contribution in [2.24, 2.45) is 0 Å². The average molecular weight is 213 g/mol. The molecule has 7 nitrogen and oxygen atoms in total. The maximum Gasteiger partial charge on any atom is 0.358 e. The molecule has 0 unspecified atom stereocenters. The lowest BCUT2D eigenvalue weighted by Gasteiger charge is -2.06. The fourth-order valence-corrected chi connectivity index (χ4v) is 1.04. The topological polar surface area (TPSA) is 128 Å². The number of aromatic hydroxyl groups is 1. The van der Waals surface area contributed by atoms with Crippen molar-refractivity contribution < 1.29 is 30.0 Å². The fraction of sp³-hybridized carbons (Fsp3) is 0.125. The molecule has 80 valence electrons. The predicted molar refractivity (Wildman–Crippen MR) is 45.7 cm³/mol. The van der Waals surface area contributed by atoms with E-state index < -0.39 is 35.6 Å². The summed E-state index contributed by atoms with van der Waals surface area (Å²) in [6.45, 7) is -0.781. The Morgan fingerprint density at radius 3 is 2.27 bits per heavy atom. The van der Waals surface area contributed by atoms with E-state index >= 15 is 0 Å². The zero-order valence-electron chi connectivity index (χ0n) is 7.34. The molecule has 0 amide bonds. The summed E-state index contributed by atoms with van der Waals surface area (Å²) in [5.74, 6) is -3.73. The van der Waals surface area contributed by atoms with Gasteiger partial charge in [0.15, 0.2) is 11.4 Å². The van der Waals surface area contributed by atoms with Gasteiger partial charge in [0.2, 0.25) is 0 Å². The summed E-state index contributed by atoms with van der Waals surface area (Å²) >= 11 is 0. The number of aromatic carboxylic acids is 2. The van der Waals surface area contributed by atoms with E-state index in [4.69, 9.17) is 15.3 Å². The van der Waals surface area contributed by atoms with E-state index in [9.17, 15) is 14.7 Å². The summed E-state index contributed by atoms with van der Waals surface area (Å²) in [7, 11) is 0. The van der Waals surface area contributed by atoms with Crippen LogP contribution < -0.4 is 0 Å². The van der Waals surface area contributed by atoms with E-state index in [0.717, 1.165) is 6.20 Å². The molecule has 0 bridgehead atoms. The van der Waals surface area contributed by atoms with Crippen molar-refractivity contribution in [2.75, 3.05) is 0 Å². The number of nitrogens with zero attached hydrogens (tertiary/aromatic N) is 1. The van der Waals surface area contributed by atoms with Gasteiger partial charge >= 0.3 is 11.9 Å². The second-order valence-electron chi connectivity index (χ2n) is 2.62. The first-order valence-electron chi connectivity index (χ1n) is 3.77. The van der Waals surface area contributed by atoms with Gasteiger partial charge < -0.3 is 20.4 Å². The third-order valence-electron chi connectivity index (χ3n) is 1.75. The van der Waals surface area contributed by atoms with Crippen LogP contribution >= 0.6 is 0 Å². The van der Waals surface area contributed by atoms with Crippen molar-refractivity contribution >= 4 is 11.9 Å². The molecule has 0 radical (unpaired) electrons. The highest BCUT2D eigenvalue weighted by Crippen LogP contribution is 2.24. The Morgan fingerprint density at radius 2 is 1.87 bits per heavy atom. The third kappa shape index (κ3) is 1.86. The number of aliphatic hydroxyl groups excluding tert-OH is 1. The number of carboxylic acids is 2. The maximum atomic E-state index is 10.6. The predicted octanol–water partition coefficient (Wildman–Crippen LogP) is -0.324. The number of aliphatic hydroxyl groups is 1. The summed E-state index contributed by atoms with van der Waals surface area (Å²) in [6, 6.07) is 0. The maximum absolute atomic E-state index is 10.6. The molecule has 0 aliphatic heterocycles. The molecule has 1 rings (SSSR count). The Kier molecular flexibility index (Phi) is 2.86. The Bertz CT molecular complexity index is 427. The molecule has 0 aliphatic carbocycles. The van der Waals surface area contributed by atoms with E-state index in [1.807, 2.05) is 0 Å². The molecule has 0 spiro atoms. The average Bonchev–Trinajstić information content (AvgIpc) is 2.16. The van der Waals surface area contributed by atoms with Crippen molar-refractivity contribution in [2.45, 2.75) is 6.61 Å². The van der Waals surface area contributed by atoms with Gasteiger partial charge in [-0.05, 0) is 0 Å². The number of hydrogen-bond donors (Lipinski definition) is 4. The monoisotopic (exact) mass is 213 g/mol. The molecule has 0 aliphatic rings. The normalized spacial score (nSPS) is 9.93. The lowest BCUT2D eigenvalue weighted by Crippen LogP contribution is -2.09. The van der Waals surface area contributed by atoms with Crippen molar-refractivity contribution in [3.8, 4) is 5.75 Å². The molecule has 1 heterocycles. The van der Waals surface area contributed by atoms with Gasteiger partial charge in [0.25, 0.3) is 0 Å². The van der Waals surface area contributed by atoms with E-state index in [-0.39, 0.29) is 5.56 Å². The van der Waals surface area contributed by atoms with Crippen LogP contribution in [-0.2, 0) is 6.61 Å². The first kappa shape index (κ1) is 10.9. The van der Waals surface area contributed by atoms with Crippen LogP contribution in [0.2, 0.25) is 0 Å². The highest BCUT2D eigenvalue weighted by Gasteiger charge is 2.21. The minimum atomic E-state index is -1.50. The Labute approximate surface area is 83.2 Å². The Balaban J connectivity index is 3.45. The largest absolute Gasteiger partial charge is 0.505 e. The smallest absolute Gasteiger partial charge is 0.358 e. The van der Waals surface area contributed by atoms with Crippen LogP contribution in [0.3, 0.4) is 0 Å². The van der Waals surface area contributed by atoms with E-state index in [0.29, 0.717) is 0 Å². The molecule has 0 aromatic carbocycles. The van der Waals surface area contributed by atoms with Crippen LogP contribution in [0.4, 0.5) is 0 Å². The van der Waals surface area contributed by atoms with Crippen LogP contribution in [0, 0.1) is 0 Å². The second kappa shape index (κ2) is 3.93. The van der Waals surface area contributed by atoms with Crippen LogP contribution in [0.15, 0.2) is 6.20 Å². The molecule has 1 aromatic rings. The van der Waals surface area contributed by atoms with Gasteiger partial charge in [-0.15, -0.1) is 0 Å². The Hall–Kier alpha value is -2.15. The summed E-state index contributed by atoms with van der Waals surface area (Å²) in [5, 5.41) is 35.3. The van der Waals surface area contributed by atoms with Crippen molar-refractivity contribution in [3.05, 3.63) is 23.0 Å². The fourth-order valence-electron chi connectivity index (χ4n) is 1.04. The van der Waals surface area contributed by atoms with Crippen molar-refractivity contribution in [3.63, 3.8) is 0 Å². The van der Waals surface area contributed by atoms with Gasteiger partial charge in [-0.25, -0.2) is 14.6 Å². The van der Waals surface area contributed by atoms with Crippen LogP contribution in [-0.4, -0.2) is 37.3 Å². The standard InChI is InChI=1S/C8H7NO6/c10-2-4-3(7(12)13)1-9-5(6(4)11)8(14)15/h1,10-11H,2H2,(H,12,13)(H,14,15). The number of aromatic nitrogens is 1. The minimum absolute atomic E-state index is 0.366. The SMILES string of the molecule is O=C(O)c1cnc(C(=O)O)c(O)c1CO. The number of pyridine rings is 1. The third-order valence-corrected chi connectivity index (χ3v) is 1.75. The molecule has 0 saturated carbocycles. The summed E-state index contributed by atoms with van der Waals surface area (Å²) in [6.07, 6.45) is 0.775.